The number of aryl methyl sites for hydroxylation is 1. The van der Waals surface area contributed by atoms with Gasteiger partial charge in [0.2, 0.25) is 5.78 Å². The molecule has 0 N–H and O–H groups in total. The minimum absolute atomic E-state index is 0.311. The van der Waals surface area contributed by atoms with Crippen LogP contribution >= 0.6 is 27.5 Å². The standard InChI is InChI=1S/C19H21BrClN3O2/c1-5-14-17(18(25)26-6-2)23-10-16(21)24(19(23)22-14)15-8-7-12(11(3)4)9-13(15)20/h7-11H,5-6H2,1-4H3. The van der Waals surface area contributed by atoms with E-state index in [-0.39, 0.29) is 5.97 Å². The Morgan fingerprint density at radius 3 is 2.65 bits per heavy atom. The maximum absolute atomic E-state index is 12.4. The van der Waals surface area contributed by atoms with E-state index >= 15 is 0 Å². The Hall–Kier alpha value is -1.79. The summed E-state index contributed by atoms with van der Waals surface area (Å²) in [5, 5.41) is 0.471. The predicted octanol–water partition coefficient (Wildman–Crippen LogP) is 5.40. The number of esters is 1. The van der Waals surface area contributed by atoms with Crippen molar-refractivity contribution in [2.75, 3.05) is 6.61 Å². The number of carbonyl (C=O) groups is 1. The van der Waals surface area contributed by atoms with Crippen LogP contribution in [0.1, 0.15) is 55.4 Å². The van der Waals surface area contributed by atoms with Crippen molar-refractivity contribution in [2.45, 2.75) is 40.0 Å². The molecule has 0 fully saturated rings. The molecule has 26 heavy (non-hydrogen) atoms. The highest BCUT2D eigenvalue weighted by atomic mass is 79.9. The summed E-state index contributed by atoms with van der Waals surface area (Å²) in [6.07, 6.45) is 2.33. The third kappa shape index (κ3) is 3.16. The second-order valence-electron chi connectivity index (χ2n) is 6.30. The molecule has 1 aromatic carbocycles. The number of imidazole rings is 2. The second-order valence-corrected chi connectivity index (χ2v) is 7.55. The van der Waals surface area contributed by atoms with Crippen LogP contribution in [0.2, 0.25) is 5.15 Å². The molecule has 0 aliphatic carbocycles. The largest absolute Gasteiger partial charge is 0.461 e. The van der Waals surface area contributed by atoms with Crippen molar-refractivity contribution in [1.82, 2.24) is 14.0 Å². The zero-order valence-corrected chi connectivity index (χ0v) is 17.6. The summed E-state index contributed by atoms with van der Waals surface area (Å²) >= 11 is 10.1. The Bertz CT molecular complexity index is 975. The van der Waals surface area contributed by atoms with E-state index in [2.05, 4.69) is 46.9 Å². The van der Waals surface area contributed by atoms with Gasteiger partial charge in [0.1, 0.15) is 5.15 Å². The van der Waals surface area contributed by atoms with Crippen LogP contribution < -0.4 is 0 Å². The highest BCUT2D eigenvalue weighted by Crippen LogP contribution is 2.31. The lowest BCUT2D eigenvalue weighted by Crippen LogP contribution is -2.09. The first-order valence-electron chi connectivity index (χ1n) is 8.64. The minimum atomic E-state index is -0.389. The van der Waals surface area contributed by atoms with E-state index in [0.29, 0.717) is 41.3 Å². The fourth-order valence-corrected chi connectivity index (χ4v) is 3.79. The Kier molecular flexibility index (Phi) is 5.44. The smallest absolute Gasteiger partial charge is 0.357 e. The van der Waals surface area contributed by atoms with Crippen molar-refractivity contribution >= 4 is 39.3 Å². The summed E-state index contributed by atoms with van der Waals surface area (Å²) in [4.78, 5) is 17.0. The molecule has 0 bridgehead atoms. The van der Waals surface area contributed by atoms with Crippen LogP contribution in [0.15, 0.2) is 28.9 Å². The topological polar surface area (TPSA) is 48.5 Å². The fraction of sp³-hybridized carbons (Fsp3) is 0.368. The number of hydrogen-bond acceptors (Lipinski definition) is 3. The Balaban J connectivity index is 2.22. The van der Waals surface area contributed by atoms with E-state index in [1.165, 1.54) is 5.56 Å². The molecule has 5 nitrogen and oxygen atoms in total. The van der Waals surface area contributed by atoms with Crippen molar-refractivity contribution in [1.29, 1.82) is 0 Å². The van der Waals surface area contributed by atoms with E-state index < -0.39 is 0 Å². The average Bonchev–Trinajstić information content (AvgIpc) is 3.09. The molecule has 0 unspecified atom stereocenters. The quantitative estimate of drug-likeness (QED) is 0.501. The third-order valence-corrected chi connectivity index (χ3v) is 5.20. The van der Waals surface area contributed by atoms with Crippen molar-refractivity contribution in [3.8, 4) is 5.69 Å². The molecule has 2 heterocycles. The van der Waals surface area contributed by atoms with Crippen LogP contribution in [-0.2, 0) is 11.2 Å². The van der Waals surface area contributed by atoms with Crippen LogP contribution in [0.4, 0.5) is 0 Å². The van der Waals surface area contributed by atoms with Crippen molar-refractivity contribution in [3.63, 3.8) is 0 Å². The van der Waals surface area contributed by atoms with E-state index in [0.717, 1.165) is 10.2 Å². The first-order valence-corrected chi connectivity index (χ1v) is 9.81. The number of aromatic nitrogens is 3. The van der Waals surface area contributed by atoms with Gasteiger partial charge in [-0.3, -0.25) is 8.97 Å². The predicted molar refractivity (Wildman–Crippen MR) is 107 cm³/mol. The maximum Gasteiger partial charge on any atom is 0.357 e. The number of ether oxygens (including phenoxy) is 1. The number of carbonyl (C=O) groups excluding carboxylic acids is 1. The Morgan fingerprint density at radius 2 is 2.08 bits per heavy atom. The van der Waals surface area contributed by atoms with Crippen molar-refractivity contribution < 1.29 is 9.53 Å². The van der Waals surface area contributed by atoms with E-state index in [9.17, 15) is 4.79 Å². The summed E-state index contributed by atoms with van der Waals surface area (Å²) in [5.74, 6) is 0.627. The molecule has 0 aliphatic heterocycles. The SMILES string of the molecule is CCOC(=O)c1c(CC)nc2n(-c3ccc(C(C)C)cc3Br)c(Cl)cn12. The van der Waals surface area contributed by atoms with E-state index in [4.69, 9.17) is 16.3 Å². The van der Waals surface area contributed by atoms with Crippen LogP contribution in [0.3, 0.4) is 0 Å². The number of hydrogen-bond donors (Lipinski definition) is 0. The number of halogens is 2. The summed E-state index contributed by atoms with van der Waals surface area (Å²) < 4.78 is 9.66. The zero-order valence-electron chi connectivity index (χ0n) is 15.2. The van der Waals surface area contributed by atoms with Gasteiger partial charge in [-0.25, -0.2) is 9.78 Å². The molecule has 2 aromatic heterocycles. The van der Waals surface area contributed by atoms with Gasteiger partial charge >= 0.3 is 5.97 Å². The molecular weight excluding hydrogens is 418 g/mol. The first-order chi connectivity index (χ1) is 12.4. The second kappa shape index (κ2) is 7.45. The molecule has 0 saturated heterocycles. The van der Waals surface area contributed by atoms with Crippen LogP contribution in [-0.4, -0.2) is 26.5 Å². The molecule has 3 rings (SSSR count). The molecule has 138 valence electrons. The first kappa shape index (κ1) is 19.0. The summed E-state index contributed by atoms with van der Waals surface area (Å²) in [5.41, 5.74) is 3.22. The highest BCUT2D eigenvalue weighted by Gasteiger charge is 2.24. The molecule has 3 aromatic rings. The lowest BCUT2D eigenvalue weighted by molar-refractivity contribution is 0.0517. The molecule has 0 aliphatic rings. The van der Waals surface area contributed by atoms with Crippen molar-refractivity contribution in [3.05, 3.63) is 51.0 Å². The van der Waals surface area contributed by atoms with E-state index in [1.54, 1.807) is 17.5 Å². The van der Waals surface area contributed by atoms with Gasteiger partial charge in [-0.05, 0) is 52.9 Å². The normalized spacial score (nSPS) is 11.5. The summed E-state index contributed by atoms with van der Waals surface area (Å²) in [7, 11) is 0. The van der Waals surface area contributed by atoms with Crippen LogP contribution in [0, 0.1) is 0 Å². The van der Waals surface area contributed by atoms with Gasteiger partial charge in [0.25, 0.3) is 0 Å². The molecule has 0 radical (unpaired) electrons. The molecule has 0 atom stereocenters. The summed E-state index contributed by atoms with van der Waals surface area (Å²) in [6, 6.07) is 6.17. The van der Waals surface area contributed by atoms with Crippen LogP contribution in [0.25, 0.3) is 11.5 Å². The van der Waals surface area contributed by atoms with Gasteiger partial charge in [0.15, 0.2) is 5.69 Å². The fourth-order valence-electron chi connectivity index (χ4n) is 2.95. The number of benzene rings is 1. The molecule has 7 heteroatoms. The number of nitrogens with zero attached hydrogens (tertiary/aromatic N) is 3. The Morgan fingerprint density at radius 1 is 1.35 bits per heavy atom. The number of fused-ring (bicyclic) bond motifs is 1. The van der Waals surface area contributed by atoms with Gasteiger partial charge in [-0.1, -0.05) is 38.4 Å². The molecule has 0 amide bonds. The Labute approximate surface area is 166 Å². The number of rotatable bonds is 5. The zero-order chi connectivity index (χ0) is 19.0. The van der Waals surface area contributed by atoms with Crippen LogP contribution in [0.5, 0.6) is 0 Å². The summed E-state index contributed by atoms with van der Waals surface area (Å²) in [6.45, 7) is 8.36. The van der Waals surface area contributed by atoms with Crippen molar-refractivity contribution in [2.24, 2.45) is 0 Å². The van der Waals surface area contributed by atoms with Gasteiger partial charge in [-0.2, -0.15) is 0 Å². The molecule has 0 spiro atoms. The lowest BCUT2D eigenvalue weighted by Gasteiger charge is -2.11. The maximum atomic E-state index is 12.4. The minimum Gasteiger partial charge on any atom is -0.461 e. The van der Waals surface area contributed by atoms with E-state index in [1.807, 2.05) is 17.6 Å². The lowest BCUT2D eigenvalue weighted by atomic mass is 10.0. The monoisotopic (exact) mass is 437 g/mol. The van der Waals surface area contributed by atoms with Gasteiger partial charge in [0.05, 0.1) is 18.0 Å². The average molecular weight is 439 g/mol. The molecule has 0 saturated carbocycles. The van der Waals surface area contributed by atoms with Gasteiger partial charge in [-0.15, -0.1) is 0 Å². The van der Waals surface area contributed by atoms with Gasteiger partial charge < -0.3 is 4.74 Å². The van der Waals surface area contributed by atoms with Gasteiger partial charge in [0, 0.05) is 10.7 Å². The third-order valence-electron chi connectivity index (χ3n) is 4.30. The highest BCUT2D eigenvalue weighted by molar-refractivity contribution is 9.10. The molecular formula is C19H21BrClN3O2.